The Kier molecular flexibility index (Phi) is 2.97. The van der Waals surface area contributed by atoms with E-state index in [1.165, 1.54) is 6.33 Å². The number of halogens is 1. The third-order valence-corrected chi connectivity index (χ3v) is 3.80. The molecule has 22 heavy (non-hydrogen) atoms. The highest BCUT2D eigenvalue weighted by molar-refractivity contribution is 6.30. The second kappa shape index (κ2) is 4.99. The van der Waals surface area contributed by atoms with Crippen molar-refractivity contribution in [1.82, 2.24) is 15.0 Å². The normalized spacial score (nSPS) is 12.6. The lowest BCUT2D eigenvalue weighted by Crippen LogP contribution is -2.00. The van der Waals surface area contributed by atoms with E-state index in [1.54, 1.807) is 13.2 Å². The molecular formula is C15H12ClN5O. The topological polar surface area (TPSA) is 75.2 Å². The van der Waals surface area contributed by atoms with E-state index in [4.69, 9.17) is 16.3 Å². The maximum absolute atomic E-state index is 6.00. The van der Waals surface area contributed by atoms with Crippen LogP contribution in [0.1, 0.15) is 11.1 Å². The van der Waals surface area contributed by atoms with Gasteiger partial charge in [-0.05, 0) is 29.3 Å². The van der Waals surface area contributed by atoms with E-state index in [-0.39, 0.29) is 0 Å². The van der Waals surface area contributed by atoms with Gasteiger partial charge in [0.2, 0.25) is 0 Å². The van der Waals surface area contributed by atoms with Crippen molar-refractivity contribution in [1.29, 1.82) is 0 Å². The maximum atomic E-state index is 6.00. The number of benzene rings is 1. The molecule has 110 valence electrons. The number of H-pyrrole nitrogens is 1. The minimum Gasteiger partial charge on any atom is -0.495 e. The van der Waals surface area contributed by atoms with Crippen LogP contribution in [-0.2, 0) is 6.54 Å². The number of nitrogens with one attached hydrogen (secondary N) is 2. The lowest BCUT2D eigenvalue weighted by atomic mass is 10.1. The van der Waals surface area contributed by atoms with Crippen LogP contribution in [0, 0.1) is 0 Å². The fourth-order valence-electron chi connectivity index (χ4n) is 2.54. The molecule has 3 heterocycles. The lowest BCUT2D eigenvalue weighted by Gasteiger charge is -2.13. The van der Waals surface area contributed by atoms with E-state index >= 15 is 0 Å². The van der Waals surface area contributed by atoms with Gasteiger partial charge in [-0.1, -0.05) is 11.6 Å². The molecule has 3 aromatic rings. The summed E-state index contributed by atoms with van der Waals surface area (Å²) in [5, 5.41) is 4.64. The summed E-state index contributed by atoms with van der Waals surface area (Å²) in [5.74, 6) is 1.42. The van der Waals surface area contributed by atoms with Crippen LogP contribution in [0.25, 0.3) is 11.0 Å². The number of aromatic nitrogens is 3. The molecule has 6 nitrogen and oxygen atoms in total. The third-order valence-electron chi connectivity index (χ3n) is 3.60. The van der Waals surface area contributed by atoms with Gasteiger partial charge >= 0.3 is 0 Å². The van der Waals surface area contributed by atoms with Gasteiger partial charge in [-0.15, -0.1) is 0 Å². The number of ether oxygens (including phenoxy) is 1. The summed E-state index contributed by atoms with van der Waals surface area (Å²) in [6, 6.07) is 5.79. The van der Waals surface area contributed by atoms with Crippen LogP contribution in [0.2, 0.25) is 5.15 Å². The number of hydrogen-bond acceptors (Lipinski definition) is 5. The molecule has 1 aliphatic heterocycles. The summed E-state index contributed by atoms with van der Waals surface area (Å²) in [6.07, 6.45) is 3.35. The quantitative estimate of drug-likeness (QED) is 0.778. The molecule has 1 aromatic carbocycles. The number of anilines is 2. The lowest BCUT2D eigenvalue weighted by molar-refractivity contribution is 0.416. The standard InChI is InChI=1S/C15H12ClN5O/c1-22-12-3-9-6-17-5-8(9)2-11(12)20-14-10-4-13(16)21-15(10)19-7-18-14/h2-5,7H,6H2,1H3,(H2,18,19,20,21). The fourth-order valence-corrected chi connectivity index (χ4v) is 2.74. The van der Waals surface area contributed by atoms with Gasteiger partial charge in [-0.2, -0.15) is 0 Å². The first-order chi connectivity index (χ1) is 10.7. The molecule has 2 aromatic heterocycles. The Bertz CT molecular complexity index is 902. The molecule has 0 bridgehead atoms. The van der Waals surface area contributed by atoms with Crippen molar-refractivity contribution in [3.05, 3.63) is 40.8 Å². The van der Waals surface area contributed by atoms with Crippen LogP contribution < -0.4 is 10.1 Å². The number of rotatable bonds is 3. The highest BCUT2D eigenvalue weighted by Crippen LogP contribution is 2.34. The molecular weight excluding hydrogens is 302 g/mol. The van der Waals surface area contributed by atoms with E-state index in [9.17, 15) is 0 Å². The summed E-state index contributed by atoms with van der Waals surface area (Å²) in [6.45, 7) is 0.692. The molecule has 0 radical (unpaired) electrons. The zero-order valence-corrected chi connectivity index (χ0v) is 12.5. The van der Waals surface area contributed by atoms with Gasteiger partial charge in [0.25, 0.3) is 0 Å². The van der Waals surface area contributed by atoms with Gasteiger partial charge in [0, 0.05) is 6.21 Å². The number of hydrogen-bond donors (Lipinski definition) is 2. The average Bonchev–Trinajstić information content (AvgIpc) is 3.11. The summed E-state index contributed by atoms with van der Waals surface area (Å²) < 4.78 is 5.46. The largest absolute Gasteiger partial charge is 0.495 e. The maximum Gasteiger partial charge on any atom is 0.144 e. The number of nitrogens with zero attached hydrogens (tertiary/aromatic N) is 3. The number of methoxy groups -OCH3 is 1. The first-order valence-corrected chi connectivity index (χ1v) is 7.09. The van der Waals surface area contributed by atoms with Crippen LogP contribution in [0.15, 0.2) is 29.5 Å². The summed E-state index contributed by atoms with van der Waals surface area (Å²) in [4.78, 5) is 15.7. The second-order valence-electron chi connectivity index (χ2n) is 4.95. The van der Waals surface area contributed by atoms with Crippen molar-refractivity contribution in [2.45, 2.75) is 6.54 Å². The van der Waals surface area contributed by atoms with E-state index in [2.05, 4.69) is 25.3 Å². The van der Waals surface area contributed by atoms with Crippen LogP contribution in [0.4, 0.5) is 11.5 Å². The molecule has 2 N–H and O–H groups in total. The predicted molar refractivity (Wildman–Crippen MR) is 86.5 cm³/mol. The molecule has 0 aliphatic carbocycles. The Balaban J connectivity index is 1.80. The Labute approximate surface area is 131 Å². The summed E-state index contributed by atoms with van der Waals surface area (Å²) >= 11 is 6.00. The molecule has 0 unspecified atom stereocenters. The smallest absolute Gasteiger partial charge is 0.144 e. The molecule has 0 saturated carbocycles. The summed E-state index contributed by atoms with van der Waals surface area (Å²) in [5.41, 5.74) is 3.75. The molecule has 0 atom stereocenters. The molecule has 7 heteroatoms. The van der Waals surface area contributed by atoms with Gasteiger partial charge in [0.05, 0.1) is 24.7 Å². The van der Waals surface area contributed by atoms with E-state index in [1.807, 2.05) is 18.3 Å². The molecule has 0 fully saturated rings. The Morgan fingerprint density at radius 3 is 3.05 bits per heavy atom. The predicted octanol–water partition coefficient (Wildman–Crippen LogP) is 3.30. The van der Waals surface area contributed by atoms with Crippen molar-refractivity contribution < 1.29 is 4.74 Å². The molecule has 4 rings (SSSR count). The number of aliphatic imine (C=N–C) groups is 1. The third kappa shape index (κ3) is 2.08. The Morgan fingerprint density at radius 2 is 2.18 bits per heavy atom. The molecule has 0 spiro atoms. The van der Waals surface area contributed by atoms with Crippen molar-refractivity contribution in [2.24, 2.45) is 4.99 Å². The first-order valence-electron chi connectivity index (χ1n) is 6.71. The zero-order chi connectivity index (χ0) is 15.1. The van der Waals surface area contributed by atoms with E-state index in [0.29, 0.717) is 23.2 Å². The van der Waals surface area contributed by atoms with Crippen molar-refractivity contribution in [2.75, 3.05) is 12.4 Å². The number of fused-ring (bicyclic) bond motifs is 2. The average molecular weight is 314 g/mol. The summed E-state index contributed by atoms with van der Waals surface area (Å²) in [7, 11) is 1.64. The molecule has 0 saturated heterocycles. The highest BCUT2D eigenvalue weighted by atomic mass is 35.5. The van der Waals surface area contributed by atoms with Crippen molar-refractivity contribution >= 4 is 40.4 Å². The van der Waals surface area contributed by atoms with Gasteiger partial charge in [-0.25, -0.2) is 9.97 Å². The van der Waals surface area contributed by atoms with Gasteiger partial charge in [0.1, 0.15) is 28.7 Å². The molecule has 0 amide bonds. The van der Waals surface area contributed by atoms with E-state index in [0.717, 1.165) is 28.0 Å². The SMILES string of the molecule is COc1cc2c(cc1Nc1ncnc3[nH]c(Cl)cc13)C=NC2. The first kappa shape index (κ1) is 13.1. The van der Waals surface area contributed by atoms with Crippen LogP contribution >= 0.6 is 11.6 Å². The number of aromatic amines is 1. The van der Waals surface area contributed by atoms with Gasteiger partial charge in [0.15, 0.2) is 0 Å². The van der Waals surface area contributed by atoms with Crippen LogP contribution in [0.3, 0.4) is 0 Å². The molecule has 1 aliphatic rings. The van der Waals surface area contributed by atoms with Gasteiger partial charge in [-0.3, -0.25) is 4.99 Å². The van der Waals surface area contributed by atoms with E-state index < -0.39 is 0 Å². The Morgan fingerprint density at radius 1 is 1.27 bits per heavy atom. The monoisotopic (exact) mass is 313 g/mol. The minimum atomic E-state index is 0.520. The van der Waals surface area contributed by atoms with Crippen LogP contribution in [0.5, 0.6) is 5.75 Å². The fraction of sp³-hybridized carbons (Fsp3) is 0.133. The zero-order valence-electron chi connectivity index (χ0n) is 11.7. The van der Waals surface area contributed by atoms with Crippen molar-refractivity contribution in [3.8, 4) is 5.75 Å². The highest BCUT2D eigenvalue weighted by Gasteiger charge is 2.14. The van der Waals surface area contributed by atoms with Crippen LogP contribution in [-0.4, -0.2) is 28.3 Å². The van der Waals surface area contributed by atoms with Crippen molar-refractivity contribution in [3.63, 3.8) is 0 Å². The van der Waals surface area contributed by atoms with Gasteiger partial charge < -0.3 is 15.0 Å². The second-order valence-corrected chi connectivity index (χ2v) is 5.36. The minimum absolute atomic E-state index is 0.520. The Hall–Kier alpha value is -2.60.